The van der Waals surface area contributed by atoms with Crippen molar-refractivity contribution in [3.63, 3.8) is 0 Å². The van der Waals surface area contributed by atoms with Crippen molar-refractivity contribution >= 4 is 28.7 Å². The van der Waals surface area contributed by atoms with E-state index in [1.165, 1.54) is 43.4 Å². The summed E-state index contributed by atoms with van der Waals surface area (Å²) in [6.45, 7) is 0. The van der Waals surface area contributed by atoms with Gasteiger partial charge in [0.2, 0.25) is 0 Å². The highest BCUT2D eigenvalue weighted by atomic mass is 32.1. The molecule has 110 valence electrons. The first kappa shape index (κ1) is 14.1. The molecular formula is C16H19N3OS. The number of carbonyl (C=O) groups is 1. The molecule has 5 heteroatoms. The zero-order valence-electron chi connectivity index (χ0n) is 11.8. The summed E-state index contributed by atoms with van der Waals surface area (Å²) >= 11 is 1.42. The van der Waals surface area contributed by atoms with E-state index >= 15 is 0 Å². The molecule has 0 unspecified atom stereocenters. The van der Waals surface area contributed by atoms with Crippen molar-refractivity contribution in [2.24, 2.45) is 0 Å². The summed E-state index contributed by atoms with van der Waals surface area (Å²) in [7, 11) is 0. The number of rotatable bonds is 4. The molecule has 1 saturated carbocycles. The molecule has 1 amide bonds. The predicted octanol–water partition coefficient (Wildman–Crippen LogP) is 4.14. The molecule has 4 nitrogen and oxygen atoms in total. The summed E-state index contributed by atoms with van der Waals surface area (Å²) in [5.74, 6) is 0.480. The van der Waals surface area contributed by atoms with Gasteiger partial charge in [-0.05, 0) is 36.4 Å². The van der Waals surface area contributed by atoms with Gasteiger partial charge in [-0.2, -0.15) is 0 Å². The second kappa shape index (κ2) is 6.72. The second-order valence-corrected chi connectivity index (χ2v) is 6.29. The molecule has 21 heavy (non-hydrogen) atoms. The van der Waals surface area contributed by atoms with Crippen LogP contribution >= 0.6 is 11.3 Å². The highest BCUT2D eigenvalue weighted by molar-refractivity contribution is 7.12. The Labute approximate surface area is 128 Å². The highest BCUT2D eigenvalue weighted by Gasteiger charge is 2.13. The number of amides is 1. The van der Waals surface area contributed by atoms with E-state index in [1.807, 2.05) is 23.6 Å². The van der Waals surface area contributed by atoms with Crippen LogP contribution in [0, 0.1) is 0 Å². The fourth-order valence-corrected chi connectivity index (χ4v) is 3.24. The minimum Gasteiger partial charge on any atom is -0.381 e. The van der Waals surface area contributed by atoms with Gasteiger partial charge >= 0.3 is 0 Å². The van der Waals surface area contributed by atoms with Gasteiger partial charge < -0.3 is 10.6 Å². The van der Waals surface area contributed by atoms with Crippen molar-refractivity contribution in [1.82, 2.24) is 4.98 Å². The smallest absolute Gasteiger partial charge is 0.266 e. The van der Waals surface area contributed by atoms with Crippen molar-refractivity contribution in [2.45, 2.75) is 38.1 Å². The summed E-state index contributed by atoms with van der Waals surface area (Å²) in [4.78, 5) is 16.9. The maximum atomic E-state index is 11.9. The largest absolute Gasteiger partial charge is 0.381 e. The minimum atomic E-state index is -0.106. The first-order valence-electron chi connectivity index (χ1n) is 7.39. The molecule has 0 spiro atoms. The monoisotopic (exact) mass is 301 g/mol. The van der Waals surface area contributed by atoms with Crippen LogP contribution in [0.2, 0.25) is 0 Å². The van der Waals surface area contributed by atoms with Crippen molar-refractivity contribution in [3.05, 3.63) is 40.7 Å². The SMILES string of the molecule is O=C(Nc1ccc(NC2CCCCC2)cn1)c1cccs1. The van der Waals surface area contributed by atoms with Crippen LogP contribution in [0.25, 0.3) is 0 Å². The van der Waals surface area contributed by atoms with E-state index in [1.54, 1.807) is 12.3 Å². The van der Waals surface area contributed by atoms with Gasteiger partial charge in [-0.25, -0.2) is 4.98 Å². The Morgan fingerprint density at radius 3 is 2.71 bits per heavy atom. The summed E-state index contributed by atoms with van der Waals surface area (Å²) < 4.78 is 0. The standard InChI is InChI=1S/C16H19N3OS/c20-16(14-7-4-10-21-14)19-15-9-8-13(11-17-15)18-12-5-2-1-3-6-12/h4,7-12,18H,1-3,5-6H2,(H,17,19,20). The molecule has 2 aromatic rings. The number of hydrogen-bond donors (Lipinski definition) is 2. The van der Waals surface area contributed by atoms with Crippen LogP contribution in [0.1, 0.15) is 41.8 Å². The molecule has 0 bridgehead atoms. The maximum Gasteiger partial charge on any atom is 0.266 e. The normalized spacial score (nSPS) is 15.6. The quantitative estimate of drug-likeness (QED) is 0.892. The van der Waals surface area contributed by atoms with Crippen LogP contribution in [-0.4, -0.2) is 16.9 Å². The summed E-state index contributed by atoms with van der Waals surface area (Å²) in [5, 5.41) is 8.21. The fourth-order valence-electron chi connectivity index (χ4n) is 2.62. The van der Waals surface area contributed by atoms with Crippen LogP contribution < -0.4 is 10.6 Å². The van der Waals surface area contributed by atoms with Gasteiger partial charge in [-0.1, -0.05) is 25.3 Å². The van der Waals surface area contributed by atoms with Gasteiger partial charge in [0.25, 0.3) is 5.91 Å². The molecule has 1 fully saturated rings. The predicted molar refractivity (Wildman–Crippen MR) is 87.0 cm³/mol. The van der Waals surface area contributed by atoms with Gasteiger partial charge in [0.1, 0.15) is 5.82 Å². The molecule has 0 saturated heterocycles. The van der Waals surface area contributed by atoms with Crippen LogP contribution in [0.3, 0.4) is 0 Å². The van der Waals surface area contributed by atoms with E-state index in [4.69, 9.17) is 0 Å². The zero-order chi connectivity index (χ0) is 14.5. The number of nitrogens with one attached hydrogen (secondary N) is 2. The minimum absolute atomic E-state index is 0.106. The third kappa shape index (κ3) is 3.82. The molecule has 0 aromatic carbocycles. The van der Waals surface area contributed by atoms with E-state index in [0.717, 1.165) is 5.69 Å². The molecular weight excluding hydrogens is 282 g/mol. The Bertz CT molecular complexity index is 574. The van der Waals surface area contributed by atoms with Crippen LogP contribution in [0.4, 0.5) is 11.5 Å². The first-order chi connectivity index (χ1) is 10.3. The Kier molecular flexibility index (Phi) is 4.50. The van der Waals surface area contributed by atoms with E-state index < -0.39 is 0 Å². The zero-order valence-corrected chi connectivity index (χ0v) is 12.7. The van der Waals surface area contributed by atoms with Gasteiger partial charge in [0, 0.05) is 6.04 Å². The van der Waals surface area contributed by atoms with Crippen LogP contribution in [0.15, 0.2) is 35.8 Å². The van der Waals surface area contributed by atoms with Gasteiger partial charge in [-0.3, -0.25) is 4.79 Å². The van der Waals surface area contributed by atoms with Crippen LogP contribution in [-0.2, 0) is 0 Å². The Morgan fingerprint density at radius 2 is 2.05 bits per heavy atom. The lowest BCUT2D eigenvalue weighted by Crippen LogP contribution is -2.22. The van der Waals surface area contributed by atoms with Crippen molar-refractivity contribution in [1.29, 1.82) is 0 Å². The highest BCUT2D eigenvalue weighted by Crippen LogP contribution is 2.22. The van der Waals surface area contributed by atoms with E-state index in [0.29, 0.717) is 16.7 Å². The Morgan fingerprint density at radius 1 is 1.19 bits per heavy atom. The van der Waals surface area contributed by atoms with Crippen molar-refractivity contribution < 1.29 is 4.79 Å². The second-order valence-electron chi connectivity index (χ2n) is 5.34. The van der Waals surface area contributed by atoms with Crippen LogP contribution in [0.5, 0.6) is 0 Å². The number of anilines is 2. The average Bonchev–Trinajstić information content (AvgIpc) is 3.05. The molecule has 1 aliphatic carbocycles. The average molecular weight is 301 g/mol. The first-order valence-corrected chi connectivity index (χ1v) is 8.27. The summed E-state index contributed by atoms with van der Waals surface area (Å²) in [5.41, 5.74) is 1.02. The van der Waals surface area contributed by atoms with Crippen molar-refractivity contribution in [2.75, 3.05) is 10.6 Å². The topological polar surface area (TPSA) is 54.0 Å². The summed E-state index contributed by atoms with van der Waals surface area (Å²) in [6.07, 6.45) is 8.22. The lowest BCUT2D eigenvalue weighted by atomic mass is 9.95. The molecule has 0 atom stereocenters. The number of thiophene rings is 1. The Balaban J connectivity index is 1.57. The van der Waals surface area contributed by atoms with E-state index in [2.05, 4.69) is 15.6 Å². The number of hydrogen-bond acceptors (Lipinski definition) is 4. The summed E-state index contributed by atoms with van der Waals surface area (Å²) in [6, 6.07) is 8.05. The Hall–Kier alpha value is -1.88. The molecule has 0 radical (unpaired) electrons. The molecule has 0 aliphatic heterocycles. The van der Waals surface area contributed by atoms with E-state index in [-0.39, 0.29) is 5.91 Å². The third-order valence-corrected chi connectivity index (χ3v) is 4.59. The van der Waals surface area contributed by atoms with Gasteiger partial charge in [-0.15, -0.1) is 11.3 Å². The third-order valence-electron chi connectivity index (χ3n) is 3.73. The molecule has 2 aromatic heterocycles. The maximum absolute atomic E-state index is 11.9. The lowest BCUT2D eigenvalue weighted by molar-refractivity contribution is 0.103. The number of carbonyl (C=O) groups excluding carboxylic acids is 1. The number of pyridine rings is 1. The number of nitrogens with zero attached hydrogens (tertiary/aromatic N) is 1. The van der Waals surface area contributed by atoms with Gasteiger partial charge in [0.15, 0.2) is 0 Å². The molecule has 3 rings (SSSR count). The molecule has 1 aliphatic rings. The fraction of sp³-hybridized carbons (Fsp3) is 0.375. The molecule has 2 N–H and O–H groups in total. The lowest BCUT2D eigenvalue weighted by Gasteiger charge is -2.23. The van der Waals surface area contributed by atoms with Gasteiger partial charge in [0.05, 0.1) is 16.8 Å². The number of aromatic nitrogens is 1. The van der Waals surface area contributed by atoms with Crippen molar-refractivity contribution in [3.8, 4) is 0 Å². The molecule has 2 heterocycles. The van der Waals surface area contributed by atoms with E-state index in [9.17, 15) is 4.79 Å².